The minimum atomic E-state index is 0.522. The predicted molar refractivity (Wildman–Crippen MR) is 59.2 cm³/mol. The fourth-order valence-electron chi connectivity index (χ4n) is 0.881. The summed E-state index contributed by atoms with van der Waals surface area (Å²) in [5.74, 6) is 0. The molecule has 1 aromatic rings. The molecule has 0 saturated carbocycles. The summed E-state index contributed by atoms with van der Waals surface area (Å²) in [5, 5.41) is 3.84. The van der Waals surface area contributed by atoms with Crippen LogP contribution in [-0.2, 0) is 11.4 Å². The average molecular weight is 189 g/mol. The molecule has 0 aliphatic rings. The number of hydrogen-bond acceptors (Lipinski definition) is 2. The minimum Gasteiger partial charge on any atom is -0.391 e. The summed E-state index contributed by atoms with van der Waals surface area (Å²) >= 11 is 0. The highest BCUT2D eigenvalue weighted by Gasteiger charge is 1.88. The van der Waals surface area contributed by atoms with Crippen molar-refractivity contribution in [2.45, 2.75) is 20.5 Å². The predicted octanol–water partition coefficient (Wildman–Crippen LogP) is 3.16. The molecule has 0 N–H and O–H groups in total. The third-order valence-electron chi connectivity index (χ3n) is 1.86. The van der Waals surface area contributed by atoms with E-state index in [0.29, 0.717) is 6.61 Å². The van der Waals surface area contributed by atoms with Gasteiger partial charge in [0.1, 0.15) is 6.61 Å². The van der Waals surface area contributed by atoms with Gasteiger partial charge in [0.05, 0.1) is 6.21 Å². The number of oxime groups is 1. The SMILES string of the molecule is C/C=C(C)/C=N/OCc1ccccc1. The van der Waals surface area contributed by atoms with Crippen LogP contribution in [0.4, 0.5) is 0 Å². The van der Waals surface area contributed by atoms with Crippen LogP contribution in [0.5, 0.6) is 0 Å². The standard InChI is InChI=1S/C12H15NO/c1-3-11(2)9-13-14-10-12-7-5-4-6-8-12/h3-9H,10H2,1-2H3/b11-3+,13-9+. The van der Waals surface area contributed by atoms with Gasteiger partial charge in [-0.2, -0.15) is 0 Å². The van der Waals surface area contributed by atoms with E-state index in [1.807, 2.05) is 50.3 Å². The van der Waals surface area contributed by atoms with Crippen molar-refractivity contribution < 1.29 is 4.84 Å². The number of rotatable bonds is 4. The van der Waals surface area contributed by atoms with Crippen molar-refractivity contribution in [3.63, 3.8) is 0 Å². The quantitative estimate of drug-likeness (QED) is 0.526. The lowest BCUT2D eigenvalue weighted by atomic mass is 10.2. The Morgan fingerprint density at radius 3 is 2.71 bits per heavy atom. The van der Waals surface area contributed by atoms with Crippen LogP contribution in [0.15, 0.2) is 47.1 Å². The summed E-state index contributed by atoms with van der Waals surface area (Å²) in [4.78, 5) is 5.12. The molecular formula is C12H15NO. The molecule has 0 amide bonds. The normalized spacial score (nSPS) is 12.0. The first-order valence-electron chi connectivity index (χ1n) is 4.65. The summed E-state index contributed by atoms with van der Waals surface area (Å²) < 4.78 is 0. The minimum absolute atomic E-state index is 0.522. The van der Waals surface area contributed by atoms with Gasteiger partial charge in [0.15, 0.2) is 0 Å². The third kappa shape index (κ3) is 3.90. The largest absolute Gasteiger partial charge is 0.391 e. The van der Waals surface area contributed by atoms with E-state index in [0.717, 1.165) is 11.1 Å². The van der Waals surface area contributed by atoms with Gasteiger partial charge in [-0.1, -0.05) is 41.6 Å². The van der Waals surface area contributed by atoms with Gasteiger partial charge < -0.3 is 4.84 Å². The van der Waals surface area contributed by atoms with Crippen LogP contribution in [-0.4, -0.2) is 6.21 Å². The van der Waals surface area contributed by atoms with Crippen molar-refractivity contribution >= 4 is 6.21 Å². The number of benzene rings is 1. The van der Waals surface area contributed by atoms with E-state index in [1.165, 1.54) is 0 Å². The zero-order chi connectivity index (χ0) is 10.2. The molecule has 74 valence electrons. The van der Waals surface area contributed by atoms with Gasteiger partial charge in [0.2, 0.25) is 0 Å². The molecule has 2 heteroatoms. The highest BCUT2D eigenvalue weighted by atomic mass is 16.6. The highest BCUT2D eigenvalue weighted by Crippen LogP contribution is 2.00. The van der Waals surface area contributed by atoms with E-state index >= 15 is 0 Å². The molecule has 1 aromatic carbocycles. The van der Waals surface area contributed by atoms with Gasteiger partial charge in [0.25, 0.3) is 0 Å². The summed E-state index contributed by atoms with van der Waals surface area (Å²) in [6.45, 7) is 4.47. The third-order valence-corrected chi connectivity index (χ3v) is 1.86. The Hall–Kier alpha value is -1.57. The molecule has 0 aliphatic carbocycles. The van der Waals surface area contributed by atoms with Crippen LogP contribution in [0.25, 0.3) is 0 Å². The molecule has 0 saturated heterocycles. The van der Waals surface area contributed by atoms with E-state index in [9.17, 15) is 0 Å². The first kappa shape index (κ1) is 10.5. The van der Waals surface area contributed by atoms with Crippen molar-refractivity contribution in [3.05, 3.63) is 47.5 Å². The number of allylic oxidation sites excluding steroid dienone is 2. The topological polar surface area (TPSA) is 21.6 Å². The molecule has 0 bridgehead atoms. The van der Waals surface area contributed by atoms with Gasteiger partial charge >= 0.3 is 0 Å². The zero-order valence-corrected chi connectivity index (χ0v) is 8.60. The molecule has 1 rings (SSSR count). The van der Waals surface area contributed by atoms with Crippen LogP contribution in [0.2, 0.25) is 0 Å². The van der Waals surface area contributed by atoms with Crippen LogP contribution >= 0.6 is 0 Å². The van der Waals surface area contributed by atoms with Gasteiger partial charge in [-0.05, 0) is 25.0 Å². The Morgan fingerprint density at radius 1 is 1.36 bits per heavy atom. The second-order valence-corrected chi connectivity index (χ2v) is 3.03. The summed E-state index contributed by atoms with van der Waals surface area (Å²) in [6.07, 6.45) is 3.69. The lowest BCUT2D eigenvalue weighted by Gasteiger charge is -1.98. The van der Waals surface area contributed by atoms with Crippen molar-refractivity contribution in [2.24, 2.45) is 5.16 Å². The van der Waals surface area contributed by atoms with E-state index in [2.05, 4.69) is 5.16 Å². The first-order valence-corrected chi connectivity index (χ1v) is 4.65. The molecule has 14 heavy (non-hydrogen) atoms. The average Bonchev–Trinajstić information content (AvgIpc) is 2.25. The monoisotopic (exact) mass is 189 g/mol. The molecule has 0 spiro atoms. The van der Waals surface area contributed by atoms with Crippen molar-refractivity contribution in [2.75, 3.05) is 0 Å². The number of nitrogens with zero attached hydrogens (tertiary/aromatic N) is 1. The molecule has 0 fully saturated rings. The summed E-state index contributed by atoms with van der Waals surface area (Å²) in [6, 6.07) is 9.98. The lowest BCUT2D eigenvalue weighted by molar-refractivity contribution is 0.132. The molecule has 0 heterocycles. The van der Waals surface area contributed by atoms with Crippen LogP contribution in [0, 0.1) is 0 Å². The molecule has 0 aliphatic heterocycles. The fraction of sp³-hybridized carbons (Fsp3) is 0.250. The first-order chi connectivity index (χ1) is 6.83. The Balaban J connectivity index is 2.32. The molecule has 0 aromatic heterocycles. The molecular weight excluding hydrogens is 174 g/mol. The zero-order valence-electron chi connectivity index (χ0n) is 8.60. The molecule has 0 radical (unpaired) electrons. The smallest absolute Gasteiger partial charge is 0.142 e. The van der Waals surface area contributed by atoms with Gasteiger partial charge in [-0.3, -0.25) is 0 Å². The molecule has 0 unspecified atom stereocenters. The second-order valence-electron chi connectivity index (χ2n) is 3.03. The Morgan fingerprint density at radius 2 is 2.07 bits per heavy atom. The van der Waals surface area contributed by atoms with Crippen molar-refractivity contribution in [3.8, 4) is 0 Å². The Kier molecular flexibility index (Phi) is 4.48. The van der Waals surface area contributed by atoms with Crippen molar-refractivity contribution in [1.29, 1.82) is 0 Å². The fourth-order valence-corrected chi connectivity index (χ4v) is 0.881. The van der Waals surface area contributed by atoms with E-state index < -0.39 is 0 Å². The van der Waals surface area contributed by atoms with E-state index in [-0.39, 0.29) is 0 Å². The van der Waals surface area contributed by atoms with Crippen LogP contribution in [0.1, 0.15) is 19.4 Å². The Bertz CT molecular complexity index is 314. The second kappa shape index (κ2) is 5.97. The van der Waals surface area contributed by atoms with Crippen LogP contribution in [0.3, 0.4) is 0 Å². The van der Waals surface area contributed by atoms with Gasteiger partial charge in [0, 0.05) is 0 Å². The maximum Gasteiger partial charge on any atom is 0.142 e. The lowest BCUT2D eigenvalue weighted by Crippen LogP contribution is -1.86. The van der Waals surface area contributed by atoms with E-state index in [4.69, 9.17) is 4.84 Å². The maximum atomic E-state index is 5.12. The summed E-state index contributed by atoms with van der Waals surface area (Å²) in [5.41, 5.74) is 2.22. The highest BCUT2D eigenvalue weighted by molar-refractivity contribution is 5.76. The van der Waals surface area contributed by atoms with E-state index in [1.54, 1.807) is 6.21 Å². The Labute approximate surface area is 84.9 Å². The molecule has 0 atom stereocenters. The van der Waals surface area contributed by atoms with Gasteiger partial charge in [-0.25, -0.2) is 0 Å². The van der Waals surface area contributed by atoms with Crippen molar-refractivity contribution in [1.82, 2.24) is 0 Å². The number of hydrogen-bond donors (Lipinski definition) is 0. The molecule has 2 nitrogen and oxygen atoms in total. The maximum absolute atomic E-state index is 5.12. The van der Waals surface area contributed by atoms with Crippen LogP contribution < -0.4 is 0 Å². The van der Waals surface area contributed by atoms with Gasteiger partial charge in [-0.15, -0.1) is 0 Å². The summed E-state index contributed by atoms with van der Waals surface area (Å²) in [7, 11) is 0.